The van der Waals surface area contributed by atoms with E-state index < -0.39 is 0 Å². The number of ether oxygens (including phenoxy) is 1. The first-order valence-corrected chi connectivity index (χ1v) is 6.79. The van der Waals surface area contributed by atoms with Gasteiger partial charge in [-0.25, -0.2) is 4.79 Å². The molecule has 1 amide bonds. The summed E-state index contributed by atoms with van der Waals surface area (Å²) in [6.07, 6.45) is 6.94. The standard InChI is InChI=1S/C16H19NO3/c1-20-16(19)14-8-6-13(7-9-14)11-17-15(18)10-12-4-2-3-5-12/h2,4,6-9,12H,3,5,10-11H2,1H3,(H,17,18)/t12-/m1/s1. The number of amides is 1. The fourth-order valence-corrected chi connectivity index (χ4v) is 2.25. The Morgan fingerprint density at radius 3 is 2.65 bits per heavy atom. The Hall–Kier alpha value is -2.10. The first kappa shape index (κ1) is 14.3. The maximum Gasteiger partial charge on any atom is 0.337 e. The van der Waals surface area contributed by atoms with Crippen LogP contribution in [0.4, 0.5) is 0 Å². The molecule has 4 nitrogen and oxygen atoms in total. The summed E-state index contributed by atoms with van der Waals surface area (Å²) in [5.41, 5.74) is 1.48. The van der Waals surface area contributed by atoms with Crippen molar-refractivity contribution in [2.24, 2.45) is 5.92 Å². The zero-order chi connectivity index (χ0) is 14.4. The Kier molecular flexibility index (Phi) is 4.93. The molecule has 1 N–H and O–H groups in total. The summed E-state index contributed by atoms with van der Waals surface area (Å²) in [4.78, 5) is 23.1. The molecular weight excluding hydrogens is 254 g/mol. The van der Waals surface area contributed by atoms with Crippen LogP contribution in [0.3, 0.4) is 0 Å². The van der Waals surface area contributed by atoms with Crippen molar-refractivity contribution in [1.82, 2.24) is 5.32 Å². The molecular formula is C16H19NO3. The highest BCUT2D eigenvalue weighted by Gasteiger charge is 2.13. The van der Waals surface area contributed by atoms with Gasteiger partial charge in [0.1, 0.15) is 0 Å². The molecule has 1 aromatic carbocycles. The number of benzene rings is 1. The number of allylic oxidation sites excluding steroid dienone is 2. The molecule has 0 unspecified atom stereocenters. The van der Waals surface area contributed by atoms with E-state index in [0.717, 1.165) is 18.4 Å². The first-order valence-electron chi connectivity index (χ1n) is 6.79. The van der Waals surface area contributed by atoms with Crippen LogP contribution in [0, 0.1) is 5.92 Å². The maximum absolute atomic E-state index is 11.8. The number of rotatable bonds is 5. The molecule has 0 aliphatic heterocycles. The molecule has 0 heterocycles. The van der Waals surface area contributed by atoms with Gasteiger partial charge in [-0.1, -0.05) is 24.3 Å². The molecule has 0 radical (unpaired) electrons. The molecule has 1 aromatic rings. The minimum Gasteiger partial charge on any atom is -0.465 e. The van der Waals surface area contributed by atoms with Gasteiger partial charge in [-0.2, -0.15) is 0 Å². The zero-order valence-corrected chi connectivity index (χ0v) is 11.6. The third kappa shape index (κ3) is 3.95. The molecule has 1 atom stereocenters. The van der Waals surface area contributed by atoms with Gasteiger partial charge in [-0.15, -0.1) is 0 Å². The van der Waals surface area contributed by atoms with Gasteiger partial charge in [0, 0.05) is 13.0 Å². The quantitative estimate of drug-likeness (QED) is 0.662. The summed E-state index contributed by atoms with van der Waals surface area (Å²) in [6.45, 7) is 0.483. The van der Waals surface area contributed by atoms with E-state index in [9.17, 15) is 9.59 Å². The molecule has 106 valence electrons. The Labute approximate surface area is 118 Å². The predicted molar refractivity (Wildman–Crippen MR) is 76.1 cm³/mol. The van der Waals surface area contributed by atoms with Crippen molar-refractivity contribution < 1.29 is 14.3 Å². The van der Waals surface area contributed by atoms with Gasteiger partial charge < -0.3 is 10.1 Å². The SMILES string of the molecule is COC(=O)c1ccc(CNC(=O)C[C@@H]2C=CCC2)cc1. The highest BCUT2D eigenvalue weighted by Crippen LogP contribution is 2.20. The smallest absolute Gasteiger partial charge is 0.337 e. The van der Waals surface area contributed by atoms with Crippen LogP contribution in [-0.4, -0.2) is 19.0 Å². The van der Waals surface area contributed by atoms with Gasteiger partial charge in [0.25, 0.3) is 0 Å². The maximum atomic E-state index is 11.8. The first-order chi connectivity index (χ1) is 9.69. The third-order valence-corrected chi connectivity index (χ3v) is 3.42. The minimum atomic E-state index is -0.353. The van der Waals surface area contributed by atoms with Crippen molar-refractivity contribution >= 4 is 11.9 Å². The van der Waals surface area contributed by atoms with Gasteiger partial charge in [0.05, 0.1) is 12.7 Å². The molecule has 1 aliphatic carbocycles. The molecule has 0 saturated carbocycles. The van der Waals surface area contributed by atoms with Crippen molar-refractivity contribution in [2.75, 3.05) is 7.11 Å². The molecule has 20 heavy (non-hydrogen) atoms. The van der Waals surface area contributed by atoms with E-state index in [-0.39, 0.29) is 11.9 Å². The lowest BCUT2D eigenvalue weighted by Crippen LogP contribution is -2.24. The number of carbonyl (C=O) groups is 2. The molecule has 0 saturated heterocycles. The Bertz CT molecular complexity index is 505. The largest absolute Gasteiger partial charge is 0.465 e. The predicted octanol–water partition coefficient (Wildman–Crippen LogP) is 2.45. The average Bonchev–Trinajstić information content (AvgIpc) is 2.97. The van der Waals surface area contributed by atoms with Gasteiger partial charge in [0.15, 0.2) is 0 Å². The second-order valence-electron chi connectivity index (χ2n) is 4.93. The lowest BCUT2D eigenvalue weighted by atomic mass is 10.0. The summed E-state index contributed by atoms with van der Waals surface area (Å²) < 4.78 is 4.63. The van der Waals surface area contributed by atoms with Crippen molar-refractivity contribution in [2.45, 2.75) is 25.8 Å². The van der Waals surface area contributed by atoms with Crippen LogP contribution in [0.1, 0.15) is 35.2 Å². The Morgan fingerprint density at radius 2 is 2.05 bits per heavy atom. The summed E-state index contributed by atoms with van der Waals surface area (Å²) in [6, 6.07) is 7.05. The molecule has 0 spiro atoms. The average molecular weight is 273 g/mol. The number of esters is 1. The van der Waals surface area contributed by atoms with Crippen molar-refractivity contribution in [1.29, 1.82) is 0 Å². The van der Waals surface area contributed by atoms with Gasteiger partial charge in [-0.3, -0.25) is 4.79 Å². The van der Waals surface area contributed by atoms with Crippen molar-refractivity contribution in [3.8, 4) is 0 Å². The second kappa shape index (κ2) is 6.89. The number of hydrogen-bond donors (Lipinski definition) is 1. The minimum absolute atomic E-state index is 0.0681. The second-order valence-corrected chi connectivity index (χ2v) is 4.93. The zero-order valence-electron chi connectivity index (χ0n) is 11.6. The fraction of sp³-hybridized carbons (Fsp3) is 0.375. The number of methoxy groups -OCH3 is 1. The van der Waals surface area contributed by atoms with E-state index in [0.29, 0.717) is 24.4 Å². The molecule has 0 fully saturated rings. The van der Waals surface area contributed by atoms with E-state index in [1.807, 2.05) is 12.1 Å². The van der Waals surface area contributed by atoms with Gasteiger partial charge in [-0.05, 0) is 36.5 Å². The summed E-state index contributed by atoms with van der Waals surface area (Å²) >= 11 is 0. The van der Waals surface area contributed by atoms with Gasteiger partial charge >= 0.3 is 5.97 Å². The van der Waals surface area contributed by atoms with Crippen LogP contribution in [0.15, 0.2) is 36.4 Å². The van der Waals surface area contributed by atoms with Crippen LogP contribution >= 0.6 is 0 Å². The lowest BCUT2D eigenvalue weighted by molar-refractivity contribution is -0.121. The fourth-order valence-electron chi connectivity index (χ4n) is 2.25. The number of carbonyl (C=O) groups excluding carboxylic acids is 2. The normalized spacial score (nSPS) is 16.9. The van der Waals surface area contributed by atoms with E-state index in [2.05, 4.69) is 22.2 Å². The third-order valence-electron chi connectivity index (χ3n) is 3.42. The molecule has 2 rings (SSSR count). The topological polar surface area (TPSA) is 55.4 Å². The number of nitrogens with one attached hydrogen (secondary N) is 1. The van der Waals surface area contributed by atoms with Crippen molar-refractivity contribution in [3.63, 3.8) is 0 Å². The van der Waals surface area contributed by atoms with E-state index in [4.69, 9.17) is 0 Å². The van der Waals surface area contributed by atoms with Crippen LogP contribution in [0.2, 0.25) is 0 Å². The molecule has 1 aliphatic rings. The van der Waals surface area contributed by atoms with Crippen LogP contribution < -0.4 is 5.32 Å². The van der Waals surface area contributed by atoms with Crippen LogP contribution in [0.25, 0.3) is 0 Å². The monoisotopic (exact) mass is 273 g/mol. The summed E-state index contributed by atoms with van der Waals surface area (Å²) in [5, 5.41) is 2.90. The van der Waals surface area contributed by atoms with Crippen molar-refractivity contribution in [3.05, 3.63) is 47.5 Å². The van der Waals surface area contributed by atoms with E-state index >= 15 is 0 Å². The summed E-state index contributed by atoms with van der Waals surface area (Å²) in [5.74, 6) is 0.101. The number of hydrogen-bond acceptors (Lipinski definition) is 3. The highest BCUT2D eigenvalue weighted by molar-refractivity contribution is 5.89. The van der Waals surface area contributed by atoms with E-state index in [1.165, 1.54) is 7.11 Å². The van der Waals surface area contributed by atoms with Crippen LogP contribution in [-0.2, 0) is 16.1 Å². The van der Waals surface area contributed by atoms with Gasteiger partial charge in [0.2, 0.25) is 5.91 Å². The Balaban J connectivity index is 1.79. The Morgan fingerprint density at radius 1 is 1.30 bits per heavy atom. The molecule has 0 aromatic heterocycles. The molecule has 0 bridgehead atoms. The van der Waals surface area contributed by atoms with Crippen LogP contribution in [0.5, 0.6) is 0 Å². The molecule has 4 heteroatoms. The summed E-state index contributed by atoms with van der Waals surface area (Å²) in [7, 11) is 1.36. The highest BCUT2D eigenvalue weighted by atomic mass is 16.5. The lowest BCUT2D eigenvalue weighted by Gasteiger charge is -2.09. The van der Waals surface area contributed by atoms with E-state index in [1.54, 1.807) is 12.1 Å².